The Bertz CT molecular complexity index is 536. The molecule has 1 fully saturated rings. The van der Waals surface area contributed by atoms with Gasteiger partial charge in [-0.1, -0.05) is 13.8 Å². The number of carboxylic acids is 1. The van der Waals surface area contributed by atoms with Crippen molar-refractivity contribution in [3.8, 4) is 0 Å². The number of aromatic carboxylic acids is 1. The van der Waals surface area contributed by atoms with Gasteiger partial charge in [-0.2, -0.15) is 0 Å². The number of carboxylic acid groups (broad SMARTS) is 1. The summed E-state index contributed by atoms with van der Waals surface area (Å²) in [4.78, 5) is 23.3. The van der Waals surface area contributed by atoms with Crippen molar-refractivity contribution in [2.75, 3.05) is 5.12 Å². The lowest BCUT2D eigenvalue weighted by atomic mass is 10.0. The average molecular weight is 306 g/mol. The van der Waals surface area contributed by atoms with E-state index >= 15 is 0 Å². The van der Waals surface area contributed by atoms with E-state index in [2.05, 4.69) is 11.0 Å². The largest absolute Gasteiger partial charge is 0.478 e. The number of carbonyl (C=O) groups is 2. The zero-order valence-electron chi connectivity index (χ0n) is 13.2. The number of hydrazine groups is 3. The van der Waals surface area contributed by atoms with Crippen molar-refractivity contribution >= 4 is 17.6 Å². The number of nitrogens with zero attached hydrogens (tertiary/aromatic N) is 2. The molecule has 1 aliphatic rings. The van der Waals surface area contributed by atoms with E-state index in [1.807, 2.05) is 27.7 Å². The van der Waals surface area contributed by atoms with E-state index in [0.29, 0.717) is 0 Å². The van der Waals surface area contributed by atoms with Crippen molar-refractivity contribution in [3.05, 3.63) is 29.8 Å². The lowest BCUT2D eigenvalue weighted by molar-refractivity contribution is -0.145. The normalized spacial score (nSPS) is 19.2. The molecule has 7 heteroatoms. The summed E-state index contributed by atoms with van der Waals surface area (Å²) in [5.74, 6) is -0.856. The van der Waals surface area contributed by atoms with E-state index in [4.69, 9.17) is 5.11 Å². The molecule has 1 heterocycles. The van der Waals surface area contributed by atoms with Crippen molar-refractivity contribution in [2.24, 2.45) is 5.92 Å². The first-order valence-electron chi connectivity index (χ1n) is 7.30. The van der Waals surface area contributed by atoms with Crippen LogP contribution in [-0.4, -0.2) is 34.1 Å². The maximum absolute atomic E-state index is 12.4. The first-order valence-corrected chi connectivity index (χ1v) is 7.30. The van der Waals surface area contributed by atoms with Gasteiger partial charge >= 0.3 is 5.97 Å². The predicted octanol–water partition coefficient (Wildman–Crippen LogP) is 1.39. The fraction of sp³-hybridized carbons (Fsp3) is 0.467. The van der Waals surface area contributed by atoms with E-state index < -0.39 is 5.97 Å². The van der Waals surface area contributed by atoms with Crippen molar-refractivity contribution in [1.29, 1.82) is 0 Å². The molecule has 2 rings (SSSR count). The highest BCUT2D eigenvalue weighted by Gasteiger charge is 2.35. The Morgan fingerprint density at radius 2 is 1.77 bits per heavy atom. The lowest BCUT2D eigenvalue weighted by Gasteiger charge is -2.44. The highest BCUT2D eigenvalue weighted by molar-refractivity contribution is 5.88. The molecule has 1 aromatic carbocycles. The van der Waals surface area contributed by atoms with Gasteiger partial charge in [0, 0.05) is 6.04 Å². The Kier molecular flexibility index (Phi) is 4.68. The maximum Gasteiger partial charge on any atom is 0.335 e. The van der Waals surface area contributed by atoms with E-state index in [1.165, 1.54) is 12.1 Å². The number of benzene rings is 1. The molecule has 120 valence electrons. The molecule has 1 amide bonds. The van der Waals surface area contributed by atoms with Crippen LogP contribution in [0.1, 0.15) is 38.1 Å². The van der Waals surface area contributed by atoms with Crippen LogP contribution in [0.4, 0.5) is 5.69 Å². The standard InChI is InChI=1S/C15H22N4O3/c1-9(2)13-14(20)18(10(3)4)17-19(16-13)12-7-5-11(6-8-12)15(21)22/h5-10,13,16-17H,1-4H3,(H,21,22). The second-order valence-corrected chi connectivity index (χ2v) is 5.94. The Balaban J connectivity index is 2.26. The van der Waals surface area contributed by atoms with Gasteiger partial charge in [-0.25, -0.2) is 15.3 Å². The molecule has 1 saturated heterocycles. The topological polar surface area (TPSA) is 84.9 Å². The van der Waals surface area contributed by atoms with Crippen LogP contribution in [0.25, 0.3) is 0 Å². The molecule has 1 aromatic rings. The van der Waals surface area contributed by atoms with Gasteiger partial charge in [0.15, 0.2) is 0 Å². The molecule has 3 N–H and O–H groups in total. The van der Waals surface area contributed by atoms with Gasteiger partial charge in [0.2, 0.25) is 0 Å². The van der Waals surface area contributed by atoms with Crippen LogP contribution < -0.4 is 16.1 Å². The van der Waals surface area contributed by atoms with Crippen LogP contribution in [-0.2, 0) is 4.79 Å². The van der Waals surface area contributed by atoms with Crippen molar-refractivity contribution in [2.45, 2.75) is 39.8 Å². The minimum absolute atomic E-state index is 0.00311. The molecule has 0 saturated carbocycles. The van der Waals surface area contributed by atoms with Gasteiger partial charge < -0.3 is 5.11 Å². The van der Waals surface area contributed by atoms with Crippen LogP contribution >= 0.6 is 0 Å². The Labute approximate surface area is 129 Å². The summed E-state index contributed by atoms with van der Waals surface area (Å²) < 4.78 is 0. The summed E-state index contributed by atoms with van der Waals surface area (Å²) in [7, 11) is 0. The minimum atomic E-state index is -0.967. The van der Waals surface area contributed by atoms with Crippen molar-refractivity contribution < 1.29 is 14.7 Å². The molecule has 7 nitrogen and oxygen atoms in total. The van der Waals surface area contributed by atoms with Gasteiger partial charge in [-0.3, -0.25) is 9.80 Å². The zero-order valence-corrected chi connectivity index (χ0v) is 13.2. The highest BCUT2D eigenvalue weighted by atomic mass is 16.4. The third-order valence-electron chi connectivity index (χ3n) is 3.53. The molecule has 0 aliphatic carbocycles. The second-order valence-electron chi connectivity index (χ2n) is 5.94. The third kappa shape index (κ3) is 3.20. The van der Waals surface area contributed by atoms with Gasteiger partial charge in [-0.05, 0) is 44.0 Å². The molecule has 0 radical (unpaired) electrons. The molecule has 1 aliphatic heterocycles. The molecule has 0 bridgehead atoms. The number of hydrogen-bond donors (Lipinski definition) is 3. The number of anilines is 1. The summed E-state index contributed by atoms with van der Waals surface area (Å²) >= 11 is 0. The summed E-state index contributed by atoms with van der Waals surface area (Å²) in [6, 6.07) is 6.09. The molecule has 0 aromatic heterocycles. The van der Waals surface area contributed by atoms with Gasteiger partial charge in [-0.15, -0.1) is 5.53 Å². The van der Waals surface area contributed by atoms with E-state index in [-0.39, 0.29) is 29.5 Å². The summed E-state index contributed by atoms with van der Waals surface area (Å²) in [6.07, 6.45) is 0. The smallest absolute Gasteiger partial charge is 0.335 e. The molecular formula is C15H22N4O3. The predicted molar refractivity (Wildman–Crippen MR) is 82.8 cm³/mol. The zero-order chi connectivity index (χ0) is 16.4. The maximum atomic E-state index is 12.4. The van der Waals surface area contributed by atoms with Crippen LogP contribution in [0.15, 0.2) is 24.3 Å². The van der Waals surface area contributed by atoms with Crippen LogP contribution in [0, 0.1) is 5.92 Å². The Morgan fingerprint density at radius 3 is 2.23 bits per heavy atom. The van der Waals surface area contributed by atoms with Crippen LogP contribution in [0.2, 0.25) is 0 Å². The minimum Gasteiger partial charge on any atom is -0.478 e. The number of carbonyl (C=O) groups excluding carboxylic acids is 1. The number of amides is 1. The Morgan fingerprint density at radius 1 is 1.18 bits per heavy atom. The highest BCUT2D eigenvalue weighted by Crippen LogP contribution is 2.18. The molecule has 22 heavy (non-hydrogen) atoms. The van der Waals surface area contributed by atoms with E-state index in [9.17, 15) is 9.59 Å². The number of rotatable bonds is 4. The number of nitrogens with one attached hydrogen (secondary N) is 2. The first kappa shape index (κ1) is 16.3. The van der Waals surface area contributed by atoms with Crippen LogP contribution in [0.5, 0.6) is 0 Å². The van der Waals surface area contributed by atoms with E-state index in [0.717, 1.165) is 5.69 Å². The first-order chi connectivity index (χ1) is 10.3. The monoisotopic (exact) mass is 306 g/mol. The van der Waals surface area contributed by atoms with Gasteiger partial charge in [0.05, 0.1) is 11.3 Å². The van der Waals surface area contributed by atoms with E-state index in [1.54, 1.807) is 22.3 Å². The van der Waals surface area contributed by atoms with Crippen molar-refractivity contribution in [3.63, 3.8) is 0 Å². The quantitative estimate of drug-likeness (QED) is 0.779. The fourth-order valence-corrected chi connectivity index (χ4v) is 2.22. The summed E-state index contributed by atoms with van der Waals surface area (Å²) in [6.45, 7) is 7.81. The van der Waals surface area contributed by atoms with Gasteiger partial charge in [0.1, 0.15) is 6.04 Å². The summed E-state index contributed by atoms with van der Waals surface area (Å²) in [5.41, 5.74) is 7.10. The Hall–Kier alpha value is -2.12. The molecular weight excluding hydrogens is 284 g/mol. The second kappa shape index (κ2) is 6.33. The van der Waals surface area contributed by atoms with Gasteiger partial charge in [0.25, 0.3) is 5.91 Å². The average Bonchev–Trinajstić information content (AvgIpc) is 2.47. The SMILES string of the molecule is CC(C)C1NN(c2ccc(C(=O)O)cc2)NN(C(C)C)C1=O. The molecule has 1 atom stereocenters. The fourth-order valence-electron chi connectivity index (χ4n) is 2.22. The lowest BCUT2D eigenvalue weighted by Crippen LogP contribution is -2.72. The number of hydrogen-bond acceptors (Lipinski definition) is 5. The van der Waals surface area contributed by atoms with Crippen LogP contribution in [0.3, 0.4) is 0 Å². The molecule has 0 spiro atoms. The molecule has 1 unspecified atom stereocenters. The third-order valence-corrected chi connectivity index (χ3v) is 3.53. The summed E-state index contributed by atoms with van der Waals surface area (Å²) in [5, 5.41) is 12.2. The van der Waals surface area contributed by atoms with Crippen molar-refractivity contribution in [1.82, 2.24) is 16.0 Å².